The van der Waals surface area contributed by atoms with Crippen molar-refractivity contribution in [3.8, 4) is 5.75 Å². The second-order valence-corrected chi connectivity index (χ2v) is 4.20. The number of primary amides is 1. The van der Waals surface area contributed by atoms with E-state index in [9.17, 15) is 9.90 Å². The van der Waals surface area contributed by atoms with Crippen LogP contribution in [0, 0.1) is 0 Å². The molecule has 0 aromatic heterocycles. The van der Waals surface area contributed by atoms with Gasteiger partial charge in [-0.1, -0.05) is 25.0 Å². The van der Waals surface area contributed by atoms with Gasteiger partial charge in [-0.15, -0.1) is 0 Å². The van der Waals surface area contributed by atoms with Gasteiger partial charge in [0.25, 0.3) is 0 Å². The Labute approximate surface area is 88.9 Å². The normalized spacial score (nSPS) is 18.9. The highest BCUT2D eigenvalue weighted by molar-refractivity contribution is 5.87. The first-order valence-electron chi connectivity index (χ1n) is 5.24. The molecule has 1 fully saturated rings. The molecule has 0 atom stereocenters. The third kappa shape index (κ3) is 1.58. The minimum atomic E-state index is -0.492. The van der Waals surface area contributed by atoms with Gasteiger partial charge in [0.1, 0.15) is 5.75 Å². The lowest BCUT2D eigenvalue weighted by Crippen LogP contribution is -2.38. The van der Waals surface area contributed by atoms with Crippen LogP contribution in [0.25, 0.3) is 0 Å². The number of benzene rings is 1. The van der Waals surface area contributed by atoms with Gasteiger partial charge in [-0.2, -0.15) is 0 Å². The van der Waals surface area contributed by atoms with E-state index < -0.39 is 5.41 Å². The van der Waals surface area contributed by atoms with Crippen molar-refractivity contribution in [1.29, 1.82) is 0 Å². The molecule has 0 spiro atoms. The van der Waals surface area contributed by atoms with Crippen molar-refractivity contribution in [2.45, 2.75) is 31.1 Å². The number of aromatic hydroxyl groups is 1. The van der Waals surface area contributed by atoms with Crippen molar-refractivity contribution in [2.75, 3.05) is 0 Å². The molecule has 0 aliphatic heterocycles. The topological polar surface area (TPSA) is 63.3 Å². The number of rotatable bonds is 2. The van der Waals surface area contributed by atoms with E-state index in [0.717, 1.165) is 31.2 Å². The largest absolute Gasteiger partial charge is 0.508 e. The van der Waals surface area contributed by atoms with E-state index in [0.29, 0.717) is 0 Å². The third-order valence-corrected chi connectivity index (χ3v) is 3.35. The van der Waals surface area contributed by atoms with Gasteiger partial charge >= 0.3 is 0 Å². The lowest BCUT2D eigenvalue weighted by Gasteiger charge is -2.25. The van der Waals surface area contributed by atoms with Crippen LogP contribution in [0.2, 0.25) is 0 Å². The van der Waals surface area contributed by atoms with E-state index in [2.05, 4.69) is 0 Å². The molecule has 80 valence electrons. The predicted molar refractivity (Wildman–Crippen MR) is 57.4 cm³/mol. The average Bonchev–Trinajstić information content (AvgIpc) is 2.69. The maximum Gasteiger partial charge on any atom is 0.228 e. The second kappa shape index (κ2) is 3.57. The van der Waals surface area contributed by atoms with Gasteiger partial charge in [0.2, 0.25) is 5.91 Å². The Hall–Kier alpha value is -1.51. The van der Waals surface area contributed by atoms with Crippen molar-refractivity contribution in [3.05, 3.63) is 29.8 Å². The molecule has 15 heavy (non-hydrogen) atoms. The van der Waals surface area contributed by atoms with E-state index in [1.165, 1.54) is 0 Å². The van der Waals surface area contributed by atoms with Gasteiger partial charge in [-0.25, -0.2) is 0 Å². The third-order valence-electron chi connectivity index (χ3n) is 3.35. The van der Waals surface area contributed by atoms with Crippen LogP contribution in [0.15, 0.2) is 24.3 Å². The Morgan fingerprint density at radius 1 is 1.20 bits per heavy atom. The standard InChI is InChI=1S/C12H15NO2/c13-11(15)12(7-1-2-8-12)9-3-5-10(14)6-4-9/h3-6,14H,1-2,7-8H2,(H2,13,15). The van der Waals surface area contributed by atoms with Crippen LogP contribution in [-0.4, -0.2) is 11.0 Å². The zero-order chi connectivity index (χ0) is 10.9. The molecule has 3 N–H and O–H groups in total. The number of carbonyl (C=O) groups is 1. The first-order chi connectivity index (χ1) is 7.15. The summed E-state index contributed by atoms with van der Waals surface area (Å²) in [7, 11) is 0. The summed E-state index contributed by atoms with van der Waals surface area (Å²) in [4.78, 5) is 11.6. The lowest BCUT2D eigenvalue weighted by atomic mass is 9.78. The fourth-order valence-electron chi connectivity index (χ4n) is 2.44. The molecule has 1 aromatic rings. The van der Waals surface area contributed by atoms with Crippen molar-refractivity contribution < 1.29 is 9.90 Å². The predicted octanol–water partition coefficient (Wildman–Crippen LogP) is 1.69. The molecule has 3 nitrogen and oxygen atoms in total. The van der Waals surface area contributed by atoms with E-state index in [-0.39, 0.29) is 11.7 Å². The molecule has 0 radical (unpaired) electrons. The maximum atomic E-state index is 11.6. The molecule has 1 aromatic carbocycles. The highest BCUT2D eigenvalue weighted by Crippen LogP contribution is 2.41. The summed E-state index contributed by atoms with van der Waals surface area (Å²) in [5, 5.41) is 9.21. The van der Waals surface area contributed by atoms with Crippen LogP contribution in [0.3, 0.4) is 0 Å². The van der Waals surface area contributed by atoms with E-state index in [1.54, 1.807) is 24.3 Å². The SMILES string of the molecule is NC(=O)C1(c2ccc(O)cc2)CCCC1. The highest BCUT2D eigenvalue weighted by atomic mass is 16.3. The fourth-order valence-corrected chi connectivity index (χ4v) is 2.44. The molecule has 0 saturated heterocycles. The van der Waals surface area contributed by atoms with Gasteiger partial charge in [0.05, 0.1) is 5.41 Å². The minimum absolute atomic E-state index is 0.219. The average molecular weight is 205 g/mol. The summed E-state index contributed by atoms with van der Waals surface area (Å²) in [5.41, 5.74) is 5.94. The number of nitrogens with two attached hydrogens (primary N) is 1. The molecule has 2 rings (SSSR count). The number of phenols is 1. The van der Waals surface area contributed by atoms with Crippen molar-refractivity contribution in [3.63, 3.8) is 0 Å². The number of carbonyl (C=O) groups excluding carboxylic acids is 1. The summed E-state index contributed by atoms with van der Waals surface area (Å²) in [6.45, 7) is 0. The first-order valence-corrected chi connectivity index (χ1v) is 5.24. The number of hydrogen-bond acceptors (Lipinski definition) is 2. The molecule has 0 unspecified atom stereocenters. The van der Waals surface area contributed by atoms with E-state index in [4.69, 9.17) is 5.73 Å². The molecular weight excluding hydrogens is 190 g/mol. The monoisotopic (exact) mass is 205 g/mol. The van der Waals surface area contributed by atoms with E-state index in [1.807, 2.05) is 0 Å². The highest BCUT2D eigenvalue weighted by Gasteiger charge is 2.40. The number of phenolic OH excluding ortho intramolecular Hbond substituents is 1. The summed E-state index contributed by atoms with van der Waals surface area (Å²) >= 11 is 0. The maximum absolute atomic E-state index is 11.6. The van der Waals surface area contributed by atoms with Crippen LogP contribution >= 0.6 is 0 Å². The molecule has 1 aliphatic rings. The van der Waals surface area contributed by atoms with Crippen LogP contribution in [0.5, 0.6) is 5.75 Å². The quantitative estimate of drug-likeness (QED) is 0.771. The van der Waals surface area contributed by atoms with Crippen molar-refractivity contribution in [1.82, 2.24) is 0 Å². The van der Waals surface area contributed by atoms with Gasteiger partial charge in [0.15, 0.2) is 0 Å². The number of amides is 1. The first kappa shape index (κ1) is 10.0. The van der Waals surface area contributed by atoms with Gasteiger partial charge in [0, 0.05) is 0 Å². The smallest absolute Gasteiger partial charge is 0.228 e. The molecule has 1 aliphatic carbocycles. The van der Waals surface area contributed by atoms with Gasteiger partial charge in [-0.3, -0.25) is 4.79 Å². The summed E-state index contributed by atoms with van der Waals surface area (Å²) in [6, 6.07) is 6.81. The lowest BCUT2D eigenvalue weighted by molar-refractivity contribution is -0.123. The van der Waals surface area contributed by atoms with Crippen molar-refractivity contribution in [2.24, 2.45) is 5.73 Å². The van der Waals surface area contributed by atoms with Crippen molar-refractivity contribution >= 4 is 5.91 Å². The van der Waals surface area contributed by atoms with Gasteiger partial charge < -0.3 is 10.8 Å². The Morgan fingerprint density at radius 2 is 1.73 bits per heavy atom. The molecule has 3 heteroatoms. The summed E-state index contributed by atoms with van der Waals surface area (Å²) < 4.78 is 0. The molecule has 1 saturated carbocycles. The van der Waals surface area contributed by atoms with Crippen LogP contribution in [0.4, 0.5) is 0 Å². The summed E-state index contributed by atoms with van der Waals surface area (Å²) in [5.74, 6) is -0.0259. The Balaban J connectivity index is 2.41. The van der Waals surface area contributed by atoms with Gasteiger partial charge in [-0.05, 0) is 30.5 Å². The Bertz CT molecular complexity index is 364. The molecule has 0 heterocycles. The zero-order valence-corrected chi connectivity index (χ0v) is 8.57. The molecule has 1 amide bonds. The fraction of sp³-hybridized carbons (Fsp3) is 0.417. The second-order valence-electron chi connectivity index (χ2n) is 4.20. The Kier molecular flexibility index (Phi) is 2.39. The molecule has 0 bridgehead atoms. The Morgan fingerprint density at radius 3 is 2.20 bits per heavy atom. The zero-order valence-electron chi connectivity index (χ0n) is 8.57. The van der Waals surface area contributed by atoms with Crippen LogP contribution in [0.1, 0.15) is 31.2 Å². The summed E-state index contributed by atoms with van der Waals surface area (Å²) in [6.07, 6.45) is 3.74. The molecular formula is C12H15NO2. The minimum Gasteiger partial charge on any atom is -0.508 e. The van der Waals surface area contributed by atoms with E-state index >= 15 is 0 Å². The number of hydrogen-bond donors (Lipinski definition) is 2. The van der Waals surface area contributed by atoms with Crippen LogP contribution < -0.4 is 5.73 Å². The van der Waals surface area contributed by atoms with Crippen LogP contribution in [-0.2, 0) is 10.2 Å².